The normalized spacial score (nSPS) is 10.8. The monoisotopic (exact) mass is 313 g/mol. The van der Waals surface area contributed by atoms with Gasteiger partial charge in [-0.15, -0.1) is 11.8 Å². The van der Waals surface area contributed by atoms with Gasteiger partial charge in [0.05, 0.1) is 12.0 Å². The largest absolute Gasteiger partial charge is 0.272 e. The van der Waals surface area contributed by atoms with Gasteiger partial charge in [0.15, 0.2) is 0 Å². The zero-order valence-corrected chi connectivity index (χ0v) is 13.6. The van der Waals surface area contributed by atoms with Crippen molar-refractivity contribution in [1.82, 2.24) is 10.4 Å². The van der Waals surface area contributed by atoms with E-state index in [9.17, 15) is 4.79 Å². The van der Waals surface area contributed by atoms with Gasteiger partial charge in [-0.2, -0.15) is 5.10 Å². The van der Waals surface area contributed by atoms with E-state index in [1.165, 1.54) is 16.7 Å². The van der Waals surface area contributed by atoms with Crippen molar-refractivity contribution in [1.29, 1.82) is 0 Å². The average Bonchev–Trinajstić information content (AvgIpc) is 2.47. The van der Waals surface area contributed by atoms with Gasteiger partial charge in [-0.1, -0.05) is 29.3 Å². The van der Waals surface area contributed by atoms with Crippen LogP contribution in [-0.4, -0.2) is 22.9 Å². The highest BCUT2D eigenvalue weighted by Gasteiger charge is 2.01. The van der Waals surface area contributed by atoms with Gasteiger partial charge in [0.25, 0.3) is 0 Å². The lowest BCUT2D eigenvalue weighted by molar-refractivity contribution is -0.118. The zero-order chi connectivity index (χ0) is 15.8. The summed E-state index contributed by atoms with van der Waals surface area (Å²) in [6.45, 7) is 4.17. The predicted molar refractivity (Wildman–Crippen MR) is 92.1 cm³/mol. The number of nitrogens with zero attached hydrogens (tertiary/aromatic N) is 2. The average molecular weight is 313 g/mol. The molecule has 22 heavy (non-hydrogen) atoms. The molecule has 0 unspecified atom stereocenters. The van der Waals surface area contributed by atoms with Crippen LogP contribution in [0.2, 0.25) is 0 Å². The second kappa shape index (κ2) is 8.34. The molecule has 4 nitrogen and oxygen atoms in total. The van der Waals surface area contributed by atoms with Crippen molar-refractivity contribution in [3.8, 4) is 0 Å². The summed E-state index contributed by atoms with van der Waals surface area (Å²) in [4.78, 5) is 15.6. The summed E-state index contributed by atoms with van der Waals surface area (Å²) in [5, 5.41) is 3.93. The maximum atomic E-state index is 11.7. The van der Waals surface area contributed by atoms with E-state index < -0.39 is 0 Å². The van der Waals surface area contributed by atoms with E-state index in [2.05, 4.69) is 47.6 Å². The van der Waals surface area contributed by atoms with Gasteiger partial charge in [0.2, 0.25) is 5.91 Å². The number of pyridine rings is 1. The van der Waals surface area contributed by atoms with E-state index in [4.69, 9.17) is 0 Å². The van der Waals surface area contributed by atoms with Crippen LogP contribution in [0.3, 0.4) is 0 Å². The Kier molecular flexibility index (Phi) is 6.15. The Morgan fingerprint density at radius 3 is 2.59 bits per heavy atom. The van der Waals surface area contributed by atoms with Crippen LogP contribution in [-0.2, 0) is 10.5 Å². The van der Waals surface area contributed by atoms with Gasteiger partial charge in [0.1, 0.15) is 0 Å². The maximum absolute atomic E-state index is 11.7. The molecule has 2 rings (SSSR count). The van der Waals surface area contributed by atoms with Crippen molar-refractivity contribution >= 4 is 23.9 Å². The fraction of sp³-hybridized carbons (Fsp3) is 0.235. The van der Waals surface area contributed by atoms with Crippen LogP contribution in [0.15, 0.2) is 47.8 Å². The number of hydrazone groups is 1. The molecule has 0 saturated carbocycles. The fourth-order valence-corrected chi connectivity index (χ4v) is 2.83. The molecule has 0 aliphatic rings. The number of carbonyl (C=O) groups excluding carboxylic acids is 1. The van der Waals surface area contributed by atoms with Gasteiger partial charge in [-0.05, 0) is 37.1 Å². The molecule has 1 aromatic carbocycles. The molecule has 0 spiro atoms. The highest BCUT2D eigenvalue weighted by molar-refractivity contribution is 7.99. The molecule has 0 bridgehead atoms. The molecule has 1 N–H and O–H groups in total. The van der Waals surface area contributed by atoms with Crippen molar-refractivity contribution in [2.24, 2.45) is 5.10 Å². The number of aryl methyl sites for hydroxylation is 2. The third-order valence-corrected chi connectivity index (χ3v) is 3.90. The molecular formula is C17H19N3OS. The van der Waals surface area contributed by atoms with Crippen LogP contribution in [0, 0.1) is 13.8 Å². The summed E-state index contributed by atoms with van der Waals surface area (Å²) in [6.07, 6.45) is 4.97. The Bertz CT molecular complexity index is 636. The number of nitrogens with one attached hydrogen (secondary N) is 1. The molecular weight excluding hydrogens is 294 g/mol. The smallest absolute Gasteiger partial charge is 0.250 e. The second-order valence-electron chi connectivity index (χ2n) is 5.06. The Balaban J connectivity index is 1.73. The summed E-state index contributed by atoms with van der Waals surface area (Å²) >= 11 is 1.58. The van der Waals surface area contributed by atoms with Gasteiger partial charge in [-0.3, -0.25) is 9.78 Å². The standard InChI is InChI=1S/C17H19N3OS/c1-13-7-14(2)9-16(8-13)11-22-12-17(21)20-19-10-15-3-5-18-6-4-15/h3-10H,11-12H2,1-2H3,(H,20,21)/b19-10+. The summed E-state index contributed by atoms with van der Waals surface area (Å²) in [6, 6.07) is 10.1. The minimum atomic E-state index is -0.0975. The summed E-state index contributed by atoms with van der Waals surface area (Å²) in [5.74, 6) is 1.12. The van der Waals surface area contributed by atoms with Crippen LogP contribution in [0.1, 0.15) is 22.3 Å². The fourth-order valence-electron chi connectivity index (χ4n) is 2.07. The first-order chi connectivity index (χ1) is 10.6. The molecule has 1 amide bonds. The number of aromatic nitrogens is 1. The van der Waals surface area contributed by atoms with Crippen molar-refractivity contribution in [2.75, 3.05) is 5.75 Å². The lowest BCUT2D eigenvalue weighted by Gasteiger charge is -2.04. The van der Waals surface area contributed by atoms with Crippen molar-refractivity contribution in [2.45, 2.75) is 19.6 Å². The summed E-state index contributed by atoms with van der Waals surface area (Å²) in [5.41, 5.74) is 7.18. The summed E-state index contributed by atoms with van der Waals surface area (Å²) in [7, 11) is 0. The van der Waals surface area contributed by atoms with E-state index >= 15 is 0 Å². The number of hydrogen-bond donors (Lipinski definition) is 1. The molecule has 0 atom stereocenters. The number of hydrogen-bond acceptors (Lipinski definition) is 4. The van der Waals surface area contributed by atoms with Gasteiger partial charge in [-0.25, -0.2) is 5.43 Å². The molecule has 0 aliphatic heterocycles. The molecule has 0 radical (unpaired) electrons. The molecule has 0 aliphatic carbocycles. The SMILES string of the molecule is Cc1cc(C)cc(CSCC(=O)N/N=C/c2ccncc2)c1. The minimum Gasteiger partial charge on any atom is -0.272 e. The first-order valence-corrected chi connectivity index (χ1v) is 8.16. The molecule has 1 aromatic heterocycles. The molecule has 5 heteroatoms. The van der Waals surface area contributed by atoms with Crippen LogP contribution >= 0.6 is 11.8 Å². The Labute approximate surface area is 135 Å². The predicted octanol–water partition coefficient (Wildman–Crippen LogP) is 3.08. The summed E-state index contributed by atoms with van der Waals surface area (Å²) < 4.78 is 0. The van der Waals surface area contributed by atoms with Crippen LogP contribution in [0.4, 0.5) is 0 Å². The van der Waals surface area contributed by atoms with Gasteiger partial charge < -0.3 is 0 Å². The first-order valence-electron chi connectivity index (χ1n) is 7.00. The maximum Gasteiger partial charge on any atom is 0.250 e. The molecule has 0 saturated heterocycles. The Hall–Kier alpha value is -2.14. The molecule has 0 fully saturated rings. The minimum absolute atomic E-state index is 0.0975. The van der Waals surface area contributed by atoms with Crippen LogP contribution in [0.5, 0.6) is 0 Å². The third-order valence-electron chi connectivity index (χ3n) is 2.89. The topological polar surface area (TPSA) is 54.4 Å². The quantitative estimate of drug-likeness (QED) is 0.658. The third kappa shape index (κ3) is 5.69. The number of benzene rings is 1. The van der Waals surface area contributed by atoms with Crippen LogP contribution < -0.4 is 5.43 Å². The number of carbonyl (C=O) groups is 1. The van der Waals surface area contributed by atoms with Crippen LogP contribution in [0.25, 0.3) is 0 Å². The van der Waals surface area contributed by atoms with E-state index in [1.54, 1.807) is 30.4 Å². The number of amides is 1. The number of rotatable bonds is 6. The Morgan fingerprint density at radius 1 is 1.23 bits per heavy atom. The van der Waals surface area contributed by atoms with Crippen molar-refractivity contribution in [3.63, 3.8) is 0 Å². The molecule has 114 valence electrons. The van der Waals surface area contributed by atoms with E-state index in [1.807, 2.05) is 12.1 Å². The lowest BCUT2D eigenvalue weighted by Crippen LogP contribution is -2.19. The highest BCUT2D eigenvalue weighted by Crippen LogP contribution is 2.15. The van der Waals surface area contributed by atoms with E-state index in [0.29, 0.717) is 5.75 Å². The van der Waals surface area contributed by atoms with Crippen molar-refractivity contribution in [3.05, 3.63) is 65.0 Å². The number of thioether (sulfide) groups is 1. The van der Waals surface area contributed by atoms with Crippen molar-refractivity contribution < 1.29 is 4.79 Å². The highest BCUT2D eigenvalue weighted by atomic mass is 32.2. The van der Waals surface area contributed by atoms with E-state index in [0.717, 1.165) is 11.3 Å². The van der Waals surface area contributed by atoms with E-state index in [-0.39, 0.29) is 5.91 Å². The zero-order valence-electron chi connectivity index (χ0n) is 12.7. The second-order valence-corrected chi connectivity index (χ2v) is 6.05. The van der Waals surface area contributed by atoms with Gasteiger partial charge >= 0.3 is 0 Å². The molecule has 2 aromatic rings. The first kappa shape index (κ1) is 16.2. The molecule has 1 heterocycles. The lowest BCUT2D eigenvalue weighted by atomic mass is 10.1. The van der Waals surface area contributed by atoms with Gasteiger partial charge in [0, 0.05) is 18.1 Å². The Morgan fingerprint density at radius 2 is 1.91 bits per heavy atom.